The summed E-state index contributed by atoms with van der Waals surface area (Å²) in [5, 5.41) is 3.72. The van der Waals surface area contributed by atoms with Gasteiger partial charge in [-0.1, -0.05) is 11.6 Å². The summed E-state index contributed by atoms with van der Waals surface area (Å²) in [5.41, 5.74) is 6.03. The number of nitrogens with one attached hydrogen (secondary N) is 1. The highest BCUT2D eigenvalue weighted by atomic mass is 35.5. The number of methoxy groups -OCH3 is 1. The molecule has 1 unspecified atom stereocenters. The number of carbonyl (C=O) groups is 1. The molecule has 1 saturated heterocycles. The van der Waals surface area contributed by atoms with Crippen LogP contribution in [-0.2, 0) is 16.1 Å². The smallest absolute Gasteiger partial charge is 0.255 e. The molecule has 6 nitrogen and oxygen atoms in total. The van der Waals surface area contributed by atoms with Gasteiger partial charge in [-0.15, -0.1) is 0 Å². The fourth-order valence-corrected chi connectivity index (χ4v) is 2.63. The maximum absolute atomic E-state index is 10.8. The number of nitrogens with two attached hydrogens (primary N) is 1. The lowest BCUT2D eigenvalue weighted by molar-refractivity contribution is -0.119. The van der Waals surface area contributed by atoms with Crippen LogP contribution < -0.4 is 32.9 Å². The van der Waals surface area contributed by atoms with Crippen LogP contribution in [0.25, 0.3) is 0 Å². The zero-order valence-corrected chi connectivity index (χ0v) is 14.5. The van der Waals surface area contributed by atoms with Gasteiger partial charge < -0.3 is 37.7 Å². The highest BCUT2D eigenvalue weighted by Crippen LogP contribution is 2.36. The number of carbonyl (C=O) groups excluding carboxylic acids is 1. The van der Waals surface area contributed by atoms with Crippen LogP contribution in [0.1, 0.15) is 18.4 Å². The molecule has 3 N–H and O–H groups in total. The fourth-order valence-electron chi connectivity index (χ4n) is 2.34. The quantitative estimate of drug-likeness (QED) is 0.586. The molecular formula is C15H21Cl2N2O4-. The molecule has 8 heteroatoms. The first kappa shape index (κ1) is 19.8. The van der Waals surface area contributed by atoms with Crippen molar-refractivity contribution in [2.45, 2.75) is 25.5 Å². The van der Waals surface area contributed by atoms with Gasteiger partial charge in [-0.25, -0.2) is 0 Å². The Kier molecular flexibility index (Phi) is 8.47. The van der Waals surface area contributed by atoms with Crippen molar-refractivity contribution in [3.63, 3.8) is 0 Å². The molecule has 1 aliphatic heterocycles. The average molecular weight is 364 g/mol. The topological polar surface area (TPSA) is 82.8 Å². The summed E-state index contributed by atoms with van der Waals surface area (Å²) in [5.74, 6) is 0.230. The lowest BCUT2D eigenvalue weighted by Gasteiger charge is -2.15. The van der Waals surface area contributed by atoms with Crippen molar-refractivity contribution in [3.8, 4) is 11.5 Å². The monoisotopic (exact) mass is 363 g/mol. The summed E-state index contributed by atoms with van der Waals surface area (Å²) in [7, 11) is 1.52. The van der Waals surface area contributed by atoms with Crippen LogP contribution in [0.5, 0.6) is 11.5 Å². The first-order valence-electron chi connectivity index (χ1n) is 7.20. The van der Waals surface area contributed by atoms with Crippen LogP contribution in [-0.4, -0.2) is 38.9 Å². The van der Waals surface area contributed by atoms with E-state index >= 15 is 0 Å². The Morgan fingerprint density at radius 2 is 2.30 bits per heavy atom. The zero-order valence-electron chi connectivity index (χ0n) is 12.9. The molecule has 0 aliphatic carbocycles. The third-order valence-corrected chi connectivity index (χ3v) is 3.65. The van der Waals surface area contributed by atoms with Crippen LogP contribution in [0.2, 0.25) is 5.02 Å². The molecule has 1 amide bonds. The molecule has 1 aromatic carbocycles. The van der Waals surface area contributed by atoms with Crippen LogP contribution in [0.4, 0.5) is 0 Å². The van der Waals surface area contributed by atoms with E-state index in [1.165, 1.54) is 7.11 Å². The molecular weight excluding hydrogens is 343 g/mol. The molecule has 130 valence electrons. The van der Waals surface area contributed by atoms with Crippen LogP contribution >= 0.6 is 11.6 Å². The highest BCUT2D eigenvalue weighted by Gasteiger charge is 2.16. The lowest BCUT2D eigenvalue weighted by atomic mass is 10.2. The molecule has 1 aromatic rings. The molecule has 23 heavy (non-hydrogen) atoms. The summed E-state index contributed by atoms with van der Waals surface area (Å²) in [6, 6.07) is 3.60. The number of amides is 1. The minimum Gasteiger partial charge on any atom is -1.00 e. The Morgan fingerprint density at radius 3 is 2.91 bits per heavy atom. The van der Waals surface area contributed by atoms with E-state index in [1.54, 1.807) is 6.07 Å². The molecule has 2 rings (SSSR count). The molecule has 1 atom stereocenters. The molecule has 1 fully saturated rings. The van der Waals surface area contributed by atoms with Gasteiger partial charge in [-0.05, 0) is 30.5 Å². The largest absolute Gasteiger partial charge is 1.00 e. The van der Waals surface area contributed by atoms with Gasteiger partial charge >= 0.3 is 0 Å². The number of halogens is 2. The van der Waals surface area contributed by atoms with Crippen molar-refractivity contribution >= 4 is 17.5 Å². The van der Waals surface area contributed by atoms with Crippen LogP contribution in [0.15, 0.2) is 12.1 Å². The van der Waals surface area contributed by atoms with E-state index < -0.39 is 5.91 Å². The number of ether oxygens (including phenoxy) is 3. The van der Waals surface area contributed by atoms with E-state index in [0.29, 0.717) is 23.1 Å². The molecule has 1 aliphatic rings. The van der Waals surface area contributed by atoms with Crippen molar-refractivity contribution in [3.05, 3.63) is 22.7 Å². The van der Waals surface area contributed by atoms with Gasteiger partial charge in [-0.3, -0.25) is 4.79 Å². The fraction of sp³-hybridized carbons (Fsp3) is 0.533. The van der Waals surface area contributed by atoms with Crippen LogP contribution in [0, 0.1) is 0 Å². The average Bonchev–Trinajstić information content (AvgIpc) is 2.98. The maximum atomic E-state index is 10.8. The first-order chi connectivity index (χ1) is 10.6. The number of rotatable bonds is 8. The summed E-state index contributed by atoms with van der Waals surface area (Å²) < 4.78 is 16.1. The van der Waals surface area contributed by atoms with E-state index in [1.807, 2.05) is 6.07 Å². The predicted molar refractivity (Wildman–Crippen MR) is 83.4 cm³/mol. The zero-order chi connectivity index (χ0) is 15.9. The maximum Gasteiger partial charge on any atom is 0.255 e. The Balaban J connectivity index is 0.00000264. The standard InChI is InChI=1S/C15H21ClN2O4.ClH/c1-20-13-6-10(7-18-8-11-3-2-4-21-11)5-12(16)15(13)22-9-14(17)19;/h5-6,11,18H,2-4,7-9H2,1H3,(H2,17,19);1H/p-1. The predicted octanol–water partition coefficient (Wildman–Crippen LogP) is -1.51. The third kappa shape index (κ3) is 6.06. The molecule has 0 saturated carbocycles. The molecule has 0 bridgehead atoms. The first-order valence-corrected chi connectivity index (χ1v) is 7.57. The summed E-state index contributed by atoms with van der Waals surface area (Å²) >= 11 is 6.19. The summed E-state index contributed by atoms with van der Waals surface area (Å²) in [4.78, 5) is 10.8. The Hall–Kier alpha value is -1.21. The van der Waals surface area contributed by atoms with Gasteiger partial charge in [0.05, 0.1) is 18.2 Å². The van der Waals surface area contributed by atoms with Crippen LogP contribution in [0.3, 0.4) is 0 Å². The number of primary amides is 1. The number of benzene rings is 1. The van der Waals surface area contributed by atoms with E-state index in [9.17, 15) is 4.79 Å². The molecule has 0 radical (unpaired) electrons. The highest BCUT2D eigenvalue weighted by molar-refractivity contribution is 6.32. The minimum absolute atomic E-state index is 0. The van der Waals surface area contributed by atoms with Gasteiger partial charge in [0.2, 0.25) is 0 Å². The van der Waals surface area contributed by atoms with E-state index in [2.05, 4.69) is 5.32 Å². The second-order valence-corrected chi connectivity index (χ2v) is 5.54. The van der Waals surface area contributed by atoms with E-state index in [-0.39, 0.29) is 25.1 Å². The Labute approximate surface area is 147 Å². The van der Waals surface area contributed by atoms with Gasteiger partial charge in [0, 0.05) is 19.7 Å². The van der Waals surface area contributed by atoms with Crippen molar-refractivity contribution in [1.82, 2.24) is 5.32 Å². The molecule has 0 spiro atoms. The Bertz CT molecular complexity index is 522. The SMILES string of the molecule is COc1cc(CNCC2CCCO2)cc(Cl)c1OCC(N)=O.[Cl-]. The molecule has 0 aromatic heterocycles. The second-order valence-electron chi connectivity index (χ2n) is 5.13. The van der Waals surface area contributed by atoms with Crippen molar-refractivity contribution in [1.29, 1.82) is 0 Å². The normalized spacial score (nSPS) is 16.7. The number of hydrogen-bond acceptors (Lipinski definition) is 5. The molecule has 1 heterocycles. The number of hydrogen-bond donors (Lipinski definition) is 2. The Morgan fingerprint density at radius 1 is 1.52 bits per heavy atom. The van der Waals surface area contributed by atoms with Crippen molar-refractivity contribution in [2.24, 2.45) is 5.73 Å². The second kappa shape index (κ2) is 9.82. The van der Waals surface area contributed by atoms with Crippen molar-refractivity contribution in [2.75, 3.05) is 26.9 Å². The lowest BCUT2D eigenvalue weighted by Crippen LogP contribution is -3.00. The van der Waals surface area contributed by atoms with Gasteiger partial charge in [0.1, 0.15) is 0 Å². The van der Waals surface area contributed by atoms with Crippen molar-refractivity contribution < 1.29 is 31.4 Å². The third-order valence-electron chi connectivity index (χ3n) is 3.37. The minimum atomic E-state index is -0.569. The van der Waals surface area contributed by atoms with E-state index in [0.717, 1.165) is 31.6 Å². The van der Waals surface area contributed by atoms with Gasteiger partial charge in [0.25, 0.3) is 5.91 Å². The van der Waals surface area contributed by atoms with Gasteiger partial charge in [-0.2, -0.15) is 0 Å². The summed E-state index contributed by atoms with van der Waals surface area (Å²) in [6.07, 6.45) is 2.50. The summed E-state index contributed by atoms with van der Waals surface area (Å²) in [6.45, 7) is 2.05. The van der Waals surface area contributed by atoms with E-state index in [4.69, 9.17) is 31.5 Å². The van der Waals surface area contributed by atoms with Gasteiger partial charge in [0.15, 0.2) is 18.1 Å².